The lowest BCUT2D eigenvalue weighted by Crippen LogP contribution is -2.57. The Hall–Kier alpha value is -0.610. The van der Waals surface area contributed by atoms with Gasteiger partial charge in [-0.1, -0.05) is 6.92 Å². The molecule has 0 aliphatic heterocycles. The molecule has 3 N–H and O–H groups in total. The smallest absolute Gasteiger partial charge is 0.237 e. The number of nitrogens with one attached hydrogen (secondary N) is 1. The van der Waals surface area contributed by atoms with Gasteiger partial charge in [0.1, 0.15) is 0 Å². The molecule has 0 aromatic heterocycles. The molecule has 2 aliphatic carbocycles. The van der Waals surface area contributed by atoms with Crippen molar-refractivity contribution < 1.29 is 4.79 Å². The van der Waals surface area contributed by atoms with E-state index in [1.54, 1.807) is 0 Å². The molecule has 0 bridgehead atoms. The number of nitrogens with two attached hydrogens (primary N) is 1. The second-order valence-corrected chi connectivity index (χ2v) is 7.72. The van der Waals surface area contributed by atoms with Crippen LogP contribution in [0.2, 0.25) is 0 Å². The van der Waals surface area contributed by atoms with Gasteiger partial charge in [0, 0.05) is 18.1 Å². The first-order valence-corrected chi connectivity index (χ1v) is 8.63. The van der Waals surface area contributed by atoms with Crippen molar-refractivity contribution in [1.82, 2.24) is 10.2 Å². The van der Waals surface area contributed by atoms with Gasteiger partial charge >= 0.3 is 0 Å². The molecule has 4 nitrogen and oxygen atoms in total. The fraction of sp³-hybridized carbons (Fsp3) is 0.941. The molecule has 0 heterocycles. The van der Waals surface area contributed by atoms with Crippen molar-refractivity contribution in [3.63, 3.8) is 0 Å². The summed E-state index contributed by atoms with van der Waals surface area (Å²) in [6.45, 7) is 6.53. The summed E-state index contributed by atoms with van der Waals surface area (Å²) >= 11 is 0. The van der Waals surface area contributed by atoms with Crippen LogP contribution < -0.4 is 11.1 Å². The summed E-state index contributed by atoms with van der Waals surface area (Å²) in [4.78, 5) is 14.5. The maximum absolute atomic E-state index is 12.0. The van der Waals surface area contributed by atoms with Gasteiger partial charge in [-0.3, -0.25) is 4.79 Å². The first-order chi connectivity index (χ1) is 9.84. The highest BCUT2D eigenvalue weighted by atomic mass is 16.1. The van der Waals surface area contributed by atoms with E-state index in [1.807, 2.05) is 0 Å². The van der Waals surface area contributed by atoms with E-state index in [1.165, 1.54) is 25.7 Å². The van der Waals surface area contributed by atoms with E-state index in [0.29, 0.717) is 12.1 Å². The van der Waals surface area contributed by atoms with Crippen LogP contribution in [0.4, 0.5) is 0 Å². The Morgan fingerprint density at radius 2 is 1.81 bits per heavy atom. The second kappa shape index (κ2) is 6.66. The standard InChI is InChI=1S/C17H33N3O/c1-12(2)19-17(16(18)21)10-9-15(11-17)20(4)14-7-5-13(3)6-8-14/h12-15,19H,5-11H2,1-4H3,(H2,18,21). The van der Waals surface area contributed by atoms with E-state index in [2.05, 4.69) is 38.0 Å². The summed E-state index contributed by atoms with van der Waals surface area (Å²) in [6, 6.07) is 1.47. The summed E-state index contributed by atoms with van der Waals surface area (Å²) in [5, 5.41) is 3.45. The van der Waals surface area contributed by atoms with Crippen LogP contribution in [0.5, 0.6) is 0 Å². The van der Waals surface area contributed by atoms with Crippen LogP contribution in [0.1, 0.15) is 65.7 Å². The molecule has 0 radical (unpaired) electrons. The lowest BCUT2D eigenvalue weighted by Gasteiger charge is -2.38. The van der Waals surface area contributed by atoms with Crippen molar-refractivity contribution in [2.75, 3.05) is 7.05 Å². The number of carbonyl (C=O) groups excluding carboxylic acids is 1. The monoisotopic (exact) mass is 295 g/mol. The second-order valence-electron chi connectivity index (χ2n) is 7.72. The van der Waals surface area contributed by atoms with Crippen molar-refractivity contribution in [1.29, 1.82) is 0 Å². The van der Waals surface area contributed by atoms with Gasteiger partial charge in [-0.2, -0.15) is 0 Å². The van der Waals surface area contributed by atoms with E-state index in [9.17, 15) is 4.79 Å². The zero-order valence-corrected chi connectivity index (χ0v) is 14.2. The molecule has 2 saturated carbocycles. The zero-order valence-electron chi connectivity index (χ0n) is 14.2. The van der Waals surface area contributed by atoms with Crippen LogP contribution in [0.15, 0.2) is 0 Å². The first-order valence-electron chi connectivity index (χ1n) is 8.63. The first kappa shape index (κ1) is 16.8. The van der Waals surface area contributed by atoms with Gasteiger partial charge in [0.25, 0.3) is 0 Å². The predicted octanol–water partition coefficient (Wildman–Crippen LogP) is 2.27. The highest BCUT2D eigenvalue weighted by molar-refractivity contribution is 5.85. The molecule has 122 valence electrons. The minimum absolute atomic E-state index is 0.177. The Morgan fingerprint density at radius 1 is 1.19 bits per heavy atom. The summed E-state index contributed by atoms with van der Waals surface area (Å²) in [7, 11) is 2.25. The van der Waals surface area contributed by atoms with Gasteiger partial charge in [-0.25, -0.2) is 0 Å². The van der Waals surface area contributed by atoms with Gasteiger partial charge in [0.15, 0.2) is 0 Å². The molecule has 2 unspecified atom stereocenters. The van der Waals surface area contributed by atoms with Gasteiger partial charge in [0.05, 0.1) is 5.54 Å². The maximum atomic E-state index is 12.0. The topological polar surface area (TPSA) is 58.4 Å². The van der Waals surface area contributed by atoms with Crippen LogP contribution >= 0.6 is 0 Å². The molecule has 2 rings (SSSR count). The molecule has 0 saturated heterocycles. The normalized spacial score (nSPS) is 37.3. The van der Waals surface area contributed by atoms with E-state index in [4.69, 9.17) is 5.73 Å². The number of hydrogen-bond acceptors (Lipinski definition) is 3. The Bertz CT molecular complexity index is 363. The molecule has 21 heavy (non-hydrogen) atoms. The van der Waals surface area contributed by atoms with E-state index in [-0.39, 0.29) is 11.9 Å². The van der Waals surface area contributed by atoms with Crippen molar-refractivity contribution in [3.8, 4) is 0 Å². The Labute approximate surface area is 129 Å². The Morgan fingerprint density at radius 3 is 2.33 bits per heavy atom. The fourth-order valence-corrected chi connectivity index (χ4v) is 4.29. The van der Waals surface area contributed by atoms with Crippen molar-refractivity contribution in [3.05, 3.63) is 0 Å². The third-order valence-corrected chi connectivity index (χ3v) is 5.66. The third kappa shape index (κ3) is 3.78. The molecule has 0 aromatic rings. The van der Waals surface area contributed by atoms with Crippen LogP contribution in [-0.2, 0) is 4.79 Å². The van der Waals surface area contributed by atoms with Crippen molar-refractivity contribution in [2.45, 2.75) is 89.4 Å². The molecule has 0 spiro atoms. The van der Waals surface area contributed by atoms with Crippen LogP contribution in [0, 0.1) is 5.92 Å². The summed E-state index contributed by atoms with van der Waals surface area (Å²) in [5.41, 5.74) is 5.23. The fourth-order valence-electron chi connectivity index (χ4n) is 4.29. The Balaban J connectivity index is 1.98. The molecule has 4 heteroatoms. The van der Waals surface area contributed by atoms with E-state index >= 15 is 0 Å². The SMILES string of the molecule is CC1CCC(N(C)C2CCC(NC(C)C)(C(N)=O)C2)CC1. The Kier molecular flexibility index (Phi) is 5.31. The number of primary amides is 1. The average Bonchev–Trinajstić information content (AvgIpc) is 2.83. The van der Waals surface area contributed by atoms with Gasteiger partial charge in [-0.15, -0.1) is 0 Å². The maximum Gasteiger partial charge on any atom is 0.237 e. The largest absolute Gasteiger partial charge is 0.368 e. The summed E-state index contributed by atoms with van der Waals surface area (Å²) in [5.74, 6) is 0.704. The van der Waals surface area contributed by atoms with Crippen LogP contribution in [0.25, 0.3) is 0 Å². The number of carbonyl (C=O) groups is 1. The lowest BCUT2D eigenvalue weighted by molar-refractivity contribution is -0.124. The molecule has 1 amide bonds. The number of amides is 1. The van der Waals surface area contributed by atoms with Gasteiger partial charge < -0.3 is 16.0 Å². The van der Waals surface area contributed by atoms with Gasteiger partial charge in [0.2, 0.25) is 5.91 Å². The van der Waals surface area contributed by atoms with Crippen molar-refractivity contribution >= 4 is 5.91 Å². The van der Waals surface area contributed by atoms with Crippen LogP contribution in [-0.4, -0.2) is 41.5 Å². The molecular formula is C17H33N3O. The minimum Gasteiger partial charge on any atom is -0.368 e. The molecule has 2 atom stereocenters. The number of rotatable bonds is 5. The molecule has 0 aromatic carbocycles. The molecular weight excluding hydrogens is 262 g/mol. The van der Waals surface area contributed by atoms with Crippen LogP contribution in [0.3, 0.4) is 0 Å². The summed E-state index contributed by atoms with van der Waals surface area (Å²) in [6.07, 6.45) is 8.09. The minimum atomic E-state index is -0.491. The zero-order chi connectivity index (χ0) is 15.6. The third-order valence-electron chi connectivity index (χ3n) is 5.66. The summed E-state index contributed by atoms with van der Waals surface area (Å²) < 4.78 is 0. The number of nitrogens with zero attached hydrogens (tertiary/aromatic N) is 1. The van der Waals surface area contributed by atoms with E-state index < -0.39 is 5.54 Å². The van der Waals surface area contributed by atoms with E-state index in [0.717, 1.165) is 25.2 Å². The highest BCUT2D eigenvalue weighted by Crippen LogP contribution is 2.36. The average molecular weight is 295 g/mol. The molecule has 2 fully saturated rings. The molecule has 2 aliphatic rings. The number of hydrogen-bond donors (Lipinski definition) is 2. The quantitative estimate of drug-likeness (QED) is 0.818. The van der Waals surface area contributed by atoms with Gasteiger partial charge in [-0.05, 0) is 71.8 Å². The highest BCUT2D eigenvalue weighted by Gasteiger charge is 2.46. The van der Waals surface area contributed by atoms with Crippen molar-refractivity contribution in [2.24, 2.45) is 11.7 Å². The predicted molar refractivity (Wildman–Crippen MR) is 87.0 cm³/mol. The lowest BCUT2D eigenvalue weighted by atomic mass is 9.86.